The number of β-lactam (4-membered cyclic amide) rings is 1. The van der Waals surface area contributed by atoms with Gasteiger partial charge in [0.05, 0.1) is 12.0 Å². The zero-order valence-corrected chi connectivity index (χ0v) is 8.68. The molecule has 0 bridgehead atoms. The smallest absolute Gasteiger partial charge is 0.231 e. The topological polar surface area (TPSA) is 20.3 Å². The largest absolute Gasteiger partial charge is 0.314 e. The quantitative estimate of drug-likeness (QED) is 0.635. The molecule has 1 saturated heterocycles. The number of benzene rings is 1. The van der Waals surface area contributed by atoms with E-state index in [1.54, 1.807) is 0 Å². The molecular formula is C13H13NO. The molecule has 0 aliphatic carbocycles. The molecule has 0 spiro atoms. The van der Waals surface area contributed by atoms with Gasteiger partial charge in [0.15, 0.2) is 0 Å². The second kappa shape index (κ2) is 2.96. The van der Waals surface area contributed by atoms with E-state index in [0.717, 1.165) is 6.42 Å². The second-order valence-electron chi connectivity index (χ2n) is 4.33. The van der Waals surface area contributed by atoms with Gasteiger partial charge in [-0.2, -0.15) is 0 Å². The molecule has 1 fully saturated rings. The Bertz CT molecular complexity index is 435. The van der Waals surface area contributed by atoms with E-state index < -0.39 is 0 Å². The lowest BCUT2D eigenvalue weighted by atomic mass is 9.88. The third kappa shape index (κ3) is 1.14. The summed E-state index contributed by atoms with van der Waals surface area (Å²) in [5.41, 5.74) is 2.53. The molecule has 0 unspecified atom stereocenters. The van der Waals surface area contributed by atoms with Gasteiger partial charge < -0.3 is 4.90 Å². The van der Waals surface area contributed by atoms with Gasteiger partial charge in [-0.3, -0.25) is 4.79 Å². The maximum atomic E-state index is 11.5. The number of hydrogen-bond acceptors (Lipinski definition) is 1. The first-order chi connectivity index (χ1) is 7.27. The fourth-order valence-electron chi connectivity index (χ4n) is 2.45. The number of hydrogen-bond donors (Lipinski definition) is 0. The Balaban J connectivity index is 1.90. The van der Waals surface area contributed by atoms with Crippen LogP contribution in [0.2, 0.25) is 0 Å². The molecule has 2 atom stereocenters. The van der Waals surface area contributed by atoms with Crippen molar-refractivity contribution in [2.75, 3.05) is 0 Å². The Morgan fingerprint density at radius 2 is 2.00 bits per heavy atom. The first-order valence-corrected chi connectivity index (χ1v) is 5.35. The summed E-state index contributed by atoms with van der Waals surface area (Å²) in [4.78, 5) is 13.4. The van der Waals surface area contributed by atoms with Crippen LogP contribution in [-0.2, 0) is 4.79 Å². The molecule has 2 aliphatic rings. The molecule has 15 heavy (non-hydrogen) atoms. The molecule has 2 aliphatic heterocycles. The van der Waals surface area contributed by atoms with Crippen LogP contribution in [0.3, 0.4) is 0 Å². The molecule has 3 rings (SSSR count). The van der Waals surface area contributed by atoms with Crippen LogP contribution < -0.4 is 0 Å². The van der Waals surface area contributed by atoms with Gasteiger partial charge in [-0.05, 0) is 17.6 Å². The summed E-state index contributed by atoms with van der Waals surface area (Å²) in [5.74, 6) is 0.480. The number of fused-ring (bicyclic) bond motifs is 1. The van der Waals surface area contributed by atoms with Crippen LogP contribution in [0.4, 0.5) is 0 Å². The Morgan fingerprint density at radius 1 is 1.27 bits per heavy atom. The Labute approximate surface area is 89.2 Å². The summed E-state index contributed by atoms with van der Waals surface area (Å²) < 4.78 is 0. The molecule has 1 amide bonds. The van der Waals surface area contributed by atoms with E-state index in [1.165, 1.54) is 11.1 Å². The highest BCUT2D eigenvalue weighted by atomic mass is 16.2. The van der Waals surface area contributed by atoms with Gasteiger partial charge in [0.2, 0.25) is 5.91 Å². The Kier molecular flexibility index (Phi) is 1.72. The lowest BCUT2D eigenvalue weighted by molar-refractivity contribution is -0.147. The van der Waals surface area contributed by atoms with Crippen molar-refractivity contribution >= 4 is 11.5 Å². The van der Waals surface area contributed by atoms with Crippen molar-refractivity contribution in [3.8, 4) is 0 Å². The fourth-order valence-corrected chi connectivity index (χ4v) is 2.45. The van der Waals surface area contributed by atoms with Gasteiger partial charge in [-0.25, -0.2) is 0 Å². The van der Waals surface area contributed by atoms with E-state index in [9.17, 15) is 4.79 Å². The summed E-state index contributed by atoms with van der Waals surface area (Å²) in [6.45, 7) is 2.02. The van der Waals surface area contributed by atoms with E-state index in [0.29, 0.717) is 6.04 Å². The van der Waals surface area contributed by atoms with Gasteiger partial charge in [0, 0.05) is 6.20 Å². The van der Waals surface area contributed by atoms with Crippen molar-refractivity contribution in [1.82, 2.24) is 4.90 Å². The highest BCUT2D eigenvalue weighted by Gasteiger charge is 2.46. The average molecular weight is 199 g/mol. The first kappa shape index (κ1) is 8.72. The van der Waals surface area contributed by atoms with Gasteiger partial charge >= 0.3 is 0 Å². The van der Waals surface area contributed by atoms with E-state index in [2.05, 4.69) is 12.1 Å². The summed E-state index contributed by atoms with van der Waals surface area (Å²) in [5, 5.41) is 0. The summed E-state index contributed by atoms with van der Waals surface area (Å²) in [6, 6.07) is 10.7. The van der Waals surface area contributed by atoms with Crippen molar-refractivity contribution in [1.29, 1.82) is 0 Å². The van der Waals surface area contributed by atoms with Crippen LogP contribution in [0.1, 0.15) is 18.9 Å². The zero-order valence-electron chi connectivity index (χ0n) is 8.68. The van der Waals surface area contributed by atoms with Crippen molar-refractivity contribution in [2.45, 2.75) is 19.4 Å². The van der Waals surface area contributed by atoms with Crippen molar-refractivity contribution in [3.05, 3.63) is 42.1 Å². The highest BCUT2D eigenvalue weighted by Crippen LogP contribution is 2.40. The van der Waals surface area contributed by atoms with Gasteiger partial charge in [0.25, 0.3) is 0 Å². The lowest BCUT2D eigenvalue weighted by Gasteiger charge is -2.39. The molecular weight excluding hydrogens is 186 g/mol. The average Bonchev–Trinajstić information content (AvgIpc) is 2.70. The summed E-state index contributed by atoms with van der Waals surface area (Å²) >= 11 is 0. The molecule has 0 radical (unpaired) electrons. The molecule has 0 saturated carbocycles. The molecule has 0 aromatic heterocycles. The molecule has 2 heteroatoms. The predicted molar refractivity (Wildman–Crippen MR) is 58.8 cm³/mol. The molecule has 0 N–H and O–H groups in total. The Morgan fingerprint density at radius 3 is 2.67 bits per heavy atom. The van der Waals surface area contributed by atoms with E-state index >= 15 is 0 Å². The molecule has 2 heterocycles. The maximum Gasteiger partial charge on any atom is 0.231 e. The molecule has 2 nitrogen and oxygen atoms in total. The highest BCUT2D eigenvalue weighted by molar-refractivity contribution is 5.91. The predicted octanol–water partition coefficient (Wildman–Crippen LogP) is 2.28. The maximum absolute atomic E-state index is 11.5. The number of amides is 1. The second-order valence-corrected chi connectivity index (χ2v) is 4.33. The summed E-state index contributed by atoms with van der Waals surface area (Å²) in [6.07, 6.45) is 3.03. The molecule has 1 aromatic carbocycles. The number of carbonyl (C=O) groups is 1. The zero-order chi connectivity index (χ0) is 10.4. The van der Waals surface area contributed by atoms with E-state index in [1.807, 2.05) is 36.2 Å². The van der Waals surface area contributed by atoms with Gasteiger partial charge in [-0.15, -0.1) is 0 Å². The van der Waals surface area contributed by atoms with E-state index in [4.69, 9.17) is 0 Å². The molecule has 1 aromatic rings. The van der Waals surface area contributed by atoms with Crippen LogP contribution in [0.15, 0.2) is 36.5 Å². The number of rotatable bonds is 1. The summed E-state index contributed by atoms with van der Waals surface area (Å²) in [7, 11) is 0. The number of carbonyl (C=O) groups excluding carboxylic acids is 1. The normalized spacial score (nSPS) is 28.5. The first-order valence-electron chi connectivity index (χ1n) is 5.35. The minimum absolute atomic E-state index is 0.211. The monoisotopic (exact) mass is 199 g/mol. The van der Waals surface area contributed by atoms with Crippen molar-refractivity contribution in [3.63, 3.8) is 0 Å². The van der Waals surface area contributed by atoms with Crippen LogP contribution in [0.5, 0.6) is 0 Å². The third-order valence-corrected chi connectivity index (χ3v) is 3.45. The van der Waals surface area contributed by atoms with Crippen LogP contribution in [0.25, 0.3) is 5.57 Å². The van der Waals surface area contributed by atoms with Crippen LogP contribution in [0, 0.1) is 5.92 Å². The van der Waals surface area contributed by atoms with Gasteiger partial charge in [0.1, 0.15) is 0 Å². The van der Waals surface area contributed by atoms with Crippen LogP contribution >= 0.6 is 0 Å². The minimum Gasteiger partial charge on any atom is -0.314 e. The Hall–Kier alpha value is -1.57. The van der Waals surface area contributed by atoms with Crippen molar-refractivity contribution in [2.24, 2.45) is 5.92 Å². The SMILES string of the molecule is C[C@H]1C(=O)N2C=C(c3ccccc3)C[C@H]12. The lowest BCUT2D eigenvalue weighted by Crippen LogP contribution is -2.54. The van der Waals surface area contributed by atoms with E-state index in [-0.39, 0.29) is 11.8 Å². The van der Waals surface area contributed by atoms with Crippen molar-refractivity contribution < 1.29 is 4.79 Å². The standard InChI is InChI=1S/C13H13NO/c1-9-12-7-11(8-14(12)13(9)15)10-5-3-2-4-6-10/h2-6,8-9,12H,7H2,1H3/t9-,12-/m1/s1. The third-order valence-electron chi connectivity index (χ3n) is 3.45. The number of nitrogens with zero attached hydrogens (tertiary/aromatic N) is 1. The molecule has 76 valence electrons. The fraction of sp³-hybridized carbons (Fsp3) is 0.308. The van der Waals surface area contributed by atoms with Crippen LogP contribution in [-0.4, -0.2) is 16.8 Å². The van der Waals surface area contributed by atoms with Gasteiger partial charge in [-0.1, -0.05) is 37.3 Å². The minimum atomic E-state index is 0.211.